The Labute approximate surface area is 187 Å². The smallest absolute Gasteiger partial charge is 0.243 e. The van der Waals surface area contributed by atoms with Crippen molar-refractivity contribution in [3.63, 3.8) is 0 Å². The van der Waals surface area contributed by atoms with Gasteiger partial charge in [-0.2, -0.15) is 9.40 Å². The summed E-state index contributed by atoms with van der Waals surface area (Å²) in [6.45, 7) is 5.69. The lowest BCUT2D eigenvalue weighted by atomic mass is 10.3. The lowest BCUT2D eigenvalue weighted by Crippen LogP contribution is -2.49. The zero-order chi connectivity index (χ0) is 23.0. The number of anilines is 1. The maximum atomic E-state index is 13.2. The molecular formula is C21H28N6O4S. The first-order valence-electron chi connectivity index (χ1n) is 10.5. The van der Waals surface area contributed by atoms with Crippen LogP contribution in [0.1, 0.15) is 18.4 Å². The normalized spacial score (nSPS) is 15.3. The number of benzene rings is 1. The van der Waals surface area contributed by atoms with Crippen LogP contribution in [0.2, 0.25) is 0 Å². The average molecular weight is 461 g/mol. The van der Waals surface area contributed by atoms with Gasteiger partial charge in [0.15, 0.2) is 17.3 Å². The van der Waals surface area contributed by atoms with Gasteiger partial charge in [0, 0.05) is 45.7 Å². The van der Waals surface area contributed by atoms with Gasteiger partial charge in [-0.3, -0.25) is 4.68 Å². The number of sulfonamides is 1. The number of hydrogen-bond donors (Lipinski definition) is 0. The Kier molecular flexibility index (Phi) is 5.95. The molecule has 0 amide bonds. The molecule has 4 rings (SSSR count). The molecule has 1 aliphatic heterocycles. The fraction of sp³-hybridized carbons (Fsp3) is 0.476. The number of methoxy groups -OCH3 is 2. The van der Waals surface area contributed by atoms with E-state index in [1.807, 2.05) is 20.9 Å². The average Bonchev–Trinajstić information content (AvgIpc) is 3.11. The molecule has 11 heteroatoms. The van der Waals surface area contributed by atoms with Crippen LogP contribution in [0.5, 0.6) is 11.5 Å². The van der Waals surface area contributed by atoms with E-state index in [0.29, 0.717) is 44.1 Å². The zero-order valence-corrected chi connectivity index (χ0v) is 19.8. The minimum atomic E-state index is -3.66. The van der Waals surface area contributed by atoms with Crippen molar-refractivity contribution in [2.24, 2.45) is 7.05 Å². The molecular weight excluding hydrogens is 432 g/mol. The van der Waals surface area contributed by atoms with Crippen molar-refractivity contribution < 1.29 is 17.9 Å². The summed E-state index contributed by atoms with van der Waals surface area (Å²) in [5, 5.41) is 4.50. The first-order chi connectivity index (χ1) is 15.3. The molecule has 0 N–H and O–H groups in total. The summed E-state index contributed by atoms with van der Waals surface area (Å²) in [6, 6.07) is 4.65. The molecule has 0 aliphatic carbocycles. The summed E-state index contributed by atoms with van der Waals surface area (Å²) in [6.07, 6.45) is 0.713. The zero-order valence-electron chi connectivity index (χ0n) is 19.0. The van der Waals surface area contributed by atoms with Crippen LogP contribution in [0.3, 0.4) is 0 Å². The van der Waals surface area contributed by atoms with Crippen molar-refractivity contribution in [3.05, 3.63) is 29.7 Å². The molecule has 0 radical (unpaired) electrons. The van der Waals surface area contributed by atoms with Gasteiger partial charge < -0.3 is 14.4 Å². The van der Waals surface area contributed by atoms with Crippen LogP contribution in [0.15, 0.2) is 23.1 Å². The Morgan fingerprint density at radius 3 is 2.34 bits per heavy atom. The van der Waals surface area contributed by atoms with Crippen LogP contribution in [0.25, 0.3) is 11.0 Å². The predicted molar refractivity (Wildman–Crippen MR) is 121 cm³/mol. The summed E-state index contributed by atoms with van der Waals surface area (Å²) in [5.74, 6) is 2.43. The van der Waals surface area contributed by atoms with Gasteiger partial charge in [0.05, 0.1) is 24.8 Å². The second-order valence-corrected chi connectivity index (χ2v) is 9.57. The molecule has 10 nitrogen and oxygen atoms in total. The maximum Gasteiger partial charge on any atom is 0.243 e. The third-order valence-electron chi connectivity index (χ3n) is 5.73. The van der Waals surface area contributed by atoms with E-state index in [9.17, 15) is 8.42 Å². The third kappa shape index (κ3) is 3.75. The molecule has 0 unspecified atom stereocenters. The molecule has 0 bridgehead atoms. The molecule has 172 valence electrons. The molecule has 3 heterocycles. The monoisotopic (exact) mass is 460 g/mol. The van der Waals surface area contributed by atoms with Crippen molar-refractivity contribution in [2.45, 2.75) is 25.2 Å². The topological polar surface area (TPSA) is 103 Å². The highest BCUT2D eigenvalue weighted by atomic mass is 32.2. The fourth-order valence-electron chi connectivity index (χ4n) is 4.01. The van der Waals surface area contributed by atoms with E-state index in [4.69, 9.17) is 14.5 Å². The predicted octanol–water partition coefficient (Wildman–Crippen LogP) is 1.76. The maximum absolute atomic E-state index is 13.2. The number of ether oxygens (including phenoxy) is 2. The number of piperazine rings is 1. The Morgan fingerprint density at radius 2 is 1.72 bits per heavy atom. The Hall–Kier alpha value is -2.92. The van der Waals surface area contributed by atoms with Crippen molar-refractivity contribution in [2.75, 3.05) is 45.3 Å². The van der Waals surface area contributed by atoms with E-state index in [-0.39, 0.29) is 4.90 Å². The number of hydrogen-bond acceptors (Lipinski definition) is 8. The fourth-order valence-corrected chi connectivity index (χ4v) is 5.44. The SMILES string of the molecule is CCc1nc(N2CCN(S(=O)(=O)c3ccc(OC)c(OC)c3)CC2)c2c(n1)c(C)nn2C. The summed E-state index contributed by atoms with van der Waals surface area (Å²) in [4.78, 5) is 11.7. The quantitative estimate of drug-likeness (QED) is 0.548. The minimum absolute atomic E-state index is 0.184. The molecule has 3 aromatic rings. The number of nitrogens with zero attached hydrogens (tertiary/aromatic N) is 6. The Morgan fingerprint density at radius 1 is 1.03 bits per heavy atom. The van der Waals surface area contributed by atoms with Crippen molar-refractivity contribution in [1.82, 2.24) is 24.1 Å². The van der Waals surface area contributed by atoms with Crippen LogP contribution >= 0.6 is 0 Å². The minimum Gasteiger partial charge on any atom is -0.493 e. The van der Waals surface area contributed by atoms with Crippen molar-refractivity contribution in [3.8, 4) is 11.5 Å². The largest absolute Gasteiger partial charge is 0.493 e. The molecule has 2 aromatic heterocycles. The highest BCUT2D eigenvalue weighted by Crippen LogP contribution is 2.32. The summed E-state index contributed by atoms with van der Waals surface area (Å²) in [5.41, 5.74) is 2.57. The standard InChI is InChI=1S/C21H28N6O4S/c1-6-18-22-19-14(2)24-25(3)20(19)21(23-18)26-9-11-27(12-10-26)32(28,29)15-7-8-16(30-4)17(13-15)31-5/h7-8,13H,6,9-12H2,1-5H3. The van der Waals surface area contributed by atoms with Gasteiger partial charge in [-0.15, -0.1) is 0 Å². The van der Waals surface area contributed by atoms with Gasteiger partial charge in [0.2, 0.25) is 10.0 Å². The Balaban J connectivity index is 1.60. The number of rotatable bonds is 6. The van der Waals surface area contributed by atoms with Crippen LogP contribution in [0.4, 0.5) is 5.82 Å². The molecule has 0 saturated carbocycles. The molecule has 1 fully saturated rings. The lowest BCUT2D eigenvalue weighted by Gasteiger charge is -2.35. The number of fused-ring (bicyclic) bond motifs is 1. The van der Waals surface area contributed by atoms with E-state index in [0.717, 1.165) is 28.4 Å². The van der Waals surface area contributed by atoms with Crippen LogP contribution < -0.4 is 14.4 Å². The first kappa shape index (κ1) is 22.3. The second-order valence-electron chi connectivity index (χ2n) is 7.63. The van der Waals surface area contributed by atoms with E-state index < -0.39 is 10.0 Å². The molecule has 0 atom stereocenters. The molecule has 1 aliphatic rings. The lowest BCUT2D eigenvalue weighted by molar-refractivity contribution is 0.353. The van der Waals surface area contributed by atoms with Gasteiger partial charge in [-0.1, -0.05) is 6.92 Å². The van der Waals surface area contributed by atoms with Gasteiger partial charge in [-0.25, -0.2) is 18.4 Å². The molecule has 32 heavy (non-hydrogen) atoms. The molecule has 0 spiro atoms. The van der Waals surface area contributed by atoms with Gasteiger partial charge in [0.25, 0.3) is 0 Å². The third-order valence-corrected chi connectivity index (χ3v) is 7.62. The summed E-state index contributed by atoms with van der Waals surface area (Å²) < 4.78 is 40.3. The van der Waals surface area contributed by atoms with E-state index >= 15 is 0 Å². The summed E-state index contributed by atoms with van der Waals surface area (Å²) >= 11 is 0. The second kappa shape index (κ2) is 8.55. The van der Waals surface area contributed by atoms with Gasteiger partial charge in [0.1, 0.15) is 16.9 Å². The van der Waals surface area contributed by atoms with Crippen molar-refractivity contribution >= 4 is 26.9 Å². The highest BCUT2D eigenvalue weighted by molar-refractivity contribution is 7.89. The number of aryl methyl sites for hydroxylation is 3. The van der Waals surface area contributed by atoms with Gasteiger partial charge in [-0.05, 0) is 19.1 Å². The van der Waals surface area contributed by atoms with E-state index in [1.54, 1.807) is 16.8 Å². The first-order valence-corrected chi connectivity index (χ1v) is 11.9. The molecule has 1 saturated heterocycles. The number of aromatic nitrogens is 4. The Bertz CT molecular complexity index is 1250. The van der Waals surface area contributed by atoms with Crippen molar-refractivity contribution in [1.29, 1.82) is 0 Å². The van der Waals surface area contributed by atoms with Crippen LogP contribution in [0, 0.1) is 6.92 Å². The van der Waals surface area contributed by atoms with Crippen LogP contribution in [-0.4, -0.2) is 72.9 Å². The van der Waals surface area contributed by atoms with E-state index in [2.05, 4.69) is 15.0 Å². The van der Waals surface area contributed by atoms with E-state index in [1.165, 1.54) is 24.6 Å². The van der Waals surface area contributed by atoms with Gasteiger partial charge >= 0.3 is 0 Å². The van der Waals surface area contributed by atoms with Crippen LogP contribution in [-0.2, 0) is 23.5 Å². The highest BCUT2D eigenvalue weighted by Gasteiger charge is 2.31. The molecule has 1 aromatic carbocycles. The summed E-state index contributed by atoms with van der Waals surface area (Å²) in [7, 11) is 1.22.